The number of likely N-dealkylation sites (N-methyl/N-ethyl adjacent to an activating group) is 2. The number of hydrogen-bond donors (Lipinski definition) is 2. The number of rotatable bonds is 9. The van der Waals surface area contributed by atoms with Gasteiger partial charge in [-0.05, 0) is 69.0 Å². The minimum atomic E-state index is -0.128. The van der Waals surface area contributed by atoms with Gasteiger partial charge in [0, 0.05) is 25.6 Å². The van der Waals surface area contributed by atoms with E-state index in [1.807, 2.05) is 37.2 Å². The number of ketones is 1. The summed E-state index contributed by atoms with van der Waals surface area (Å²) in [7, 11) is 3.94. The van der Waals surface area contributed by atoms with Crippen molar-refractivity contribution in [2.45, 2.75) is 46.0 Å². The molecule has 0 radical (unpaired) electrons. The lowest BCUT2D eigenvalue weighted by Gasteiger charge is -2.49. The number of hydrogen-bond acceptors (Lipinski definition) is 4. The fourth-order valence-electron chi connectivity index (χ4n) is 6.03. The van der Waals surface area contributed by atoms with Gasteiger partial charge in [0.2, 0.25) is 0 Å². The third-order valence-corrected chi connectivity index (χ3v) is 6.96. The van der Waals surface area contributed by atoms with Crippen molar-refractivity contribution in [1.29, 1.82) is 5.41 Å². The van der Waals surface area contributed by atoms with Gasteiger partial charge in [-0.2, -0.15) is 0 Å². The van der Waals surface area contributed by atoms with Gasteiger partial charge in [0.25, 0.3) is 0 Å². The van der Waals surface area contributed by atoms with Crippen LogP contribution in [-0.4, -0.2) is 45.9 Å². The molecule has 0 saturated heterocycles. The zero-order valence-electron chi connectivity index (χ0n) is 18.6. The van der Waals surface area contributed by atoms with Gasteiger partial charge in [-0.25, -0.2) is 0 Å². The number of carbonyl (C=O) groups is 1. The van der Waals surface area contributed by atoms with E-state index in [1.165, 1.54) is 19.2 Å². The van der Waals surface area contributed by atoms with Crippen molar-refractivity contribution in [1.82, 2.24) is 5.32 Å². The van der Waals surface area contributed by atoms with Gasteiger partial charge in [-0.1, -0.05) is 26.0 Å². The fourth-order valence-corrected chi connectivity index (χ4v) is 6.03. The van der Waals surface area contributed by atoms with Crippen molar-refractivity contribution in [3.8, 4) is 0 Å². The van der Waals surface area contributed by atoms with Crippen LogP contribution in [0.15, 0.2) is 24.3 Å². The number of Topliss-reactive ketones (excluding diaryl/α,β-unsaturated/α-hetero) is 1. The molecule has 1 aromatic carbocycles. The molecule has 2 atom stereocenters. The zero-order valence-corrected chi connectivity index (χ0v) is 18.6. The summed E-state index contributed by atoms with van der Waals surface area (Å²) in [6.07, 6.45) is 7.15. The highest BCUT2D eigenvalue weighted by atomic mass is 16.1. The third kappa shape index (κ3) is 4.82. The number of anilines is 2. The van der Waals surface area contributed by atoms with Crippen molar-refractivity contribution < 1.29 is 4.79 Å². The monoisotopic (exact) mass is 398 g/mol. The summed E-state index contributed by atoms with van der Waals surface area (Å²) in [5, 5.41) is 11.0. The number of nitrogens with zero attached hydrogens (tertiary/aromatic N) is 2. The Kier molecular flexibility index (Phi) is 6.99. The predicted molar refractivity (Wildman–Crippen MR) is 122 cm³/mol. The number of fused-ring (bicyclic) bond motifs is 2. The van der Waals surface area contributed by atoms with Crippen LogP contribution < -0.4 is 15.1 Å². The molecule has 2 fully saturated rings. The van der Waals surface area contributed by atoms with Crippen LogP contribution in [0.25, 0.3) is 0 Å². The smallest absolute Gasteiger partial charge is 0.158 e. The lowest BCUT2D eigenvalue weighted by atomic mass is 9.55. The van der Waals surface area contributed by atoms with Gasteiger partial charge in [0.05, 0.1) is 24.3 Å². The lowest BCUT2D eigenvalue weighted by molar-refractivity contribution is -0.135. The molecule has 5 nitrogen and oxygen atoms in total. The van der Waals surface area contributed by atoms with Crippen molar-refractivity contribution in [3.63, 3.8) is 0 Å². The van der Waals surface area contributed by atoms with E-state index in [9.17, 15) is 4.79 Å². The van der Waals surface area contributed by atoms with Crippen LogP contribution >= 0.6 is 0 Å². The van der Waals surface area contributed by atoms with Gasteiger partial charge < -0.3 is 15.1 Å². The van der Waals surface area contributed by atoms with Crippen LogP contribution in [0.4, 0.5) is 11.4 Å². The highest BCUT2D eigenvalue weighted by molar-refractivity contribution is 5.91. The van der Waals surface area contributed by atoms with Gasteiger partial charge in [-0.3, -0.25) is 10.2 Å². The van der Waals surface area contributed by atoms with E-state index in [1.54, 1.807) is 0 Å². The molecule has 0 amide bonds. The predicted octanol–water partition coefficient (Wildman–Crippen LogP) is 4.18. The van der Waals surface area contributed by atoms with Gasteiger partial charge in [-0.15, -0.1) is 0 Å². The van der Waals surface area contributed by atoms with E-state index in [0.29, 0.717) is 24.2 Å². The summed E-state index contributed by atoms with van der Waals surface area (Å²) < 4.78 is 0. The molecule has 2 N–H and O–H groups in total. The second-order valence-corrected chi connectivity index (χ2v) is 9.63. The second kappa shape index (κ2) is 9.29. The Morgan fingerprint density at radius 1 is 1.17 bits per heavy atom. The topological polar surface area (TPSA) is 59.4 Å². The molecule has 0 aliphatic heterocycles. The van der Waals surface area contributed by atoms with E-state index in [0.717, 1.165) is 49.6 Å². The second-order valence-electron chi connectivity index (χ2n) is 9.63. The summed E-state index contributed by atoms with van der Waals surface area (Å²) in [4.78, 5) is 17.6. The minimum Gasteiger partial charge on any atom is -0.366 e. The first-order chi connectivity index (χ1) is 13.9. The van der Waals surface area contributed by atoms with E-state index < -0.39 is 0 Å². The molecule has 2 aliphatic carbocycles. The number of carbonyl (C=O) groups excluding carboxylic acids is 1. The van der Waals surface area contributed by atoms with Crippen molar-refractivity contribution in [3.05, 3.63) is 24.3 Å². The normalized spacial score (nSPS) is 28.6. The van der Waals surface area contributed by atoms with Gasteiger partial charge in [0.1, 0.15) is 0 Å². The molecule has 1 aromatic rings. The van der Waals surface area contributed by atoms with Crippen LogP contribution in [0.3, 0.4) is 0 Å². The molecule has 0 aromatic heterocycles. The molecule has 3 rings (SSSR count). The number of nitrogens with one attached hydrogen (secondary N) is 2. The summed E-state index contributed by atoms with van der Waals surface area (Å²) in [6, 6.07) is 8.11. The summed E-state index contributed by atoms with van der Waals surface area (Å²) in [5.74, 6) is 2.43. The van der Waals surface area contributed by atoms with E-state index in [2.05, 4.69) is 30.1 Å². The number of benzene rings is 1. The van der Waals surface area contributed by atoms with Crippen LogP contribution in [-0.2, 0) is 4.79 Å². The first-order valence-corrected chi connectivity index (χ1v) is 11.1. The van der Waals surface area contributed by atoms with Crippen LogP contribution in [0, 0.1) is 28.6 Å². The average molecular weight is 399 g/mol. The quantitative estimate of drug-likeness (QED) is 0.484. The Bertz CT molecular complexity index is 699. The molecule has 2 bridgehead atoms. The first-order valence-electron chi connectivity index (χ1n) is 11.1. The third-order valence-electron chi connectivity index (χ3n) is 6.96. The average Bonchev–Trinajstić information content (AvgIpc) is 2.67. The minimum absolute atomic E-state index is 0.128. The molecule has 160 valence electrons. The van der Waals surface area contributed by atoms with Gasteiger partial charge in [0.15, 0.2) is 5.78 Å². The molecule has 2 aliphatic rings. The molecule has 29 heavy (non-hydrogen) atoms. The van der Waals surface area contributed by atoms with Crippen LogP contribution in [0.2, 0.25) is 0 Å². The molecule has 2 unspecified atom stereocenters. The Balaban J connectivity index is 1.79. The molecule has 2 saturated carbocycles. The molecule has 0 heterocycles. The van der Waals surface area contributed by atoms with Crippen LogP contribution in [0.5, 0.6) is 0 Å². The Labute approximate surface area is 176 Å². The lowest BCUT2D eigenvalue weighted by Crippen LogP contribution is -2.48. The summed E-state index contributed by atoms with van der Waals surface area (Å²) in [5.41, 5.74) is 1.87. The van der Waals surface area contributed by atoms with Crippen molar-refractivity contribution >= 4 is 23.5 Å². The van der Waals surface area contributed by atoms with E-state index in [4.69, 9.17) is 5.41 Å². The summed E-state index contributed by atoms with van der Waals surface area (Å²) in [6.45, 7) is 6.62. The van der Waals surface area contributed by atoms with Crippen LogP contribution in [0.1, 0.15) is 46.0 Å². The molecule has 5 heteroatoms. The Morgan fingerprint density at radius 3 is 2.38 bits per heavy atom. The maximum atomic E-state index is 13.6. The fraction of sp³-hybridized carbons (Fsp3) is 0.667. The summed E-state index contributed by atoms with van der Waals surface area (Å²) >= 11 is 0. The van der Waals surface area contributed by atoms with Crippen molar-refractivity contribution in [2.24, 2.45) is 23.2 Å². The molecule has 0 spiro atoms. The molecular weight excluding hydrogens is 360 g/mol. The maximum absolute atomic E-state index is 13.6. The Morgan fingerprint density at radius 2 is 1.79 bits per heavy atom. The maximum Gasteiger partial charge on any atom is 0.158 e. The SMILES string of the molecule is CNCCN(C=N)c1ccccc1N(C)CC(=O)C12CC(C)CC(CC(C)C1)C2. The number of para-hydroxylation sites is 2. The van der Waals surface area contributed by atoms with E-state index in [-0.39, 0.29) is 5.41 Å². The zero-order chi connectivity index (χ0) is 21.0. The standard InChI is InChI=1S/C24H38N4O/c1-18-11-20-12-19(2)14-24(13-18,15-20)23(29)16-27(4)21-7-5-6-8-22(21)28(17-25)10-9-26-3/h5-8,17-20,25-26H,9-16H2,1-4H3. The first kappa shape index (κ1) is 21.8. The van der Waals surface area contributed by atoms with Gasteiger partial charge >= 0.3 is 0 Å². The molecular formula is C24H38N4O. The largest absolute Gasteiger partial charge is 0.366 e. The van der Waals surface area contributed by atoms with E-state index >= 15 is 0 Å². The Hall–Kier alpha value is -1.88. The highest BCUT2D eigenvalue weighted by Crippen LogP contribution is 2.53. The highest BCUT2D eigenvalue weighted by Gasteiger charge is 2.48. The van der Waals surface area contributed by atoms with Crippen molar-refractivity contribution in [2.75, 3.05) is 43.5 Å².